The molecule has 1 aliphatic carbocycles. The van der Waals surface area contributed by atoms with Gasteiger partial charge in [-0.2, -0.15) is 5.10 Å². The SMILES string of the molecule is CCNc1ccc(-c2c(Cl)c(C(=O)NCC3CCC(C)CC3)nn2CC)c(OC)c1. The van der Waals surface area contributed by atoms with Crippen molar-refractivity contribution in [2.24, 2.45) is 11.8 Å². The van der Waals surface area contributed by atoms with Crippen molar-refractivity contribution in [1.29, 1.82) is 0 Å². The van der Waals surface area contributed by atoms with Crippen LogP contribution in [0.15, 0.2) is 18.2 Å². The van der Waals surface area contributed by atoms with E-state index in [0.29, 0.717) is 35.5 Å². The summed E-state index contributed by atoms with van der Waals surface area (Å²) in [5, 5.41) is 11.2. The van der Waals surface area contributed by atoms with Crippen LogP contribution in [0.25, 0.3) is 11.3 Å². The molecule has 0 atom stereocenters. The predicted molar refractivity (Wildman–Crippen MR) is 123 cm³/mol. The highest BCUT2D eigenvalue weighted by molar-refractivity contribution is 6.36. The second-order valence-corrected chi connectivity index (χ2v) is 8.49. The number of amides is 1. The summed E-state index contributed by atoms with van der Waals surface area (Å²) >= 11 is 6.69. The van der Waals surface area contributed by atoms with Crippen LogP contribution in [0.3, 0.4) is 0 Å². The summed E-state index contributed by atoms with van der Waals surface area (Å²) in [6, 6.07) is 5.87. The highest BCUT2D eigenvalue weighted by Crippen LogP contribution is 2.38. The molecule has 1 fully saturated rings. The summed E-state index contributed by atoms with van der Waals surface area (Å²) in [7, 11) is 1.63. The molecule has 2 N–H and O–H groups in total. The van der Waals surface area contributed by atoms with Gasteiger partial charge in [0.25, 0.3) is 5.91 Å². The normalized spacial score (nSPS) is 18.8. The van der Waals surface area contributed by atoms with Gasteiger partial charge in [0.15, 0.2) is 5.69 Å². The molecule has 7 heteroatoms. The second-order valence-electron chi connectivity index (χ2n) is 8.11. The molecule has 0 aliphatic heterocycles. The molecule has 0 unspecified atom stereocenters. The number of benzene rings is 1. The molecule has 2 aromatic rings. The van der Waals surface area contributed by atoms with Crippen LogP contribution in [0.1, 0.15) is 56.9 Å². The van der Waals surface area contributed by atoms with Crippen molar-refractivity contribution >= 4 is 23.2 Å². The third-order valence-electron chi connectivity index (χ3n) is 5.93. The van der Waals surface area contributed by atoms with Crippen LogP contribution >= 0.6 is 11.6 Å². The van der Waals surface area contributed by atoms with E-state index in [2.05, 4.69) is 22.7 Å². The van der Waals surface area contributed by atoms with Crippen molar-refractivity contribution in [3.8, 4) is 17.0 Å². The van der Waals surface area contributed by atoms with Crippen LogP contribution in [-0.2, 0) is 6.54 Å². The average Bonchev–Trinajstić information content (AvgIpc) is 3.09. The number of carbonyl (C=O) groups excluding carboxylic acids is 1. The summed E-state index contributed by atoms with van der Waals surface area (Å²) in [6.07, 6.45) is 4.80. The van der Waals surface area contributed by atoms with Gasteiger partial charge >= 0.3 is 0 Å². The Kier molecular flexibility index (Phi) is 7.64. The molecule has 164 valence electrons. The molecule has 30 heavy (non-hydrogen) atoms. The van der Waals surface area contributed by atoms with Crippen LogP contribution in [0.2, 0.25) is 5.02 Å². The van der Waals surface area contributed by atoms with E-state index in [1.54, 1.807) is 11.8 Å². The Balaban J connectivity index is 1.83. The summed E-state index contributed by atoms with van der Waals surface area (Å²) in [4.78, 5) is 12.9. The number of halogens is 1. The minimum absolute atomic E-state index is 0.213. The highest BCUT2D eigenvalue weighted by atomic mass is 35.5. The molecule has 3 rings (SSSR count). The van der Waals surface area contributed by atoms with E-state index in [0.717, 1.165) is 23.7 Å². The first kappa shape index (κ1) is 22.5. The van der Waals surface area contributed by atoms with Gasteiger partial charge in [0, 0.05) is 37.0 Å². The molecule has 1 amide bonds. The number of hydrogen-bond donors (Lipinski definition) is 2. The minimum Gasteiger partial charge on any atom is -0.496 e. The van der Waals surface area contributed by atoms with Gasteiger partial charge < -0.3 is 15.4 Å². The number of anilines is 1. The molecular weight excluding hydrogens is 400 g/mol. The minimum atomic E-state index is -0.213. The van der Waals surface area contributed by atoms with Gasteiger partial charge in [-0.05, 0) is 50.7 Å². The lowest BCUT2D eigenvalue weighted by Crippen LogP contribution is -2.31. The molecule has 1 saturated carbocycles. The van der Waals surface area contributed by atoms with Gasteiger partial charge in [-0.25, -0.2) is 0 Å². The first-order valence-corrected chi connectivity index (χ1v) is 11.3. The molecule has 0 radical (unpaired) electrons. The van der Waals surface area contributed by atoms with Gasteiger partial charge in [0.05, 0.1) is 17.8 Å². The maximum atomic E-state index is 12.9. The van der Waals surface area contributed by atoms with Crippen molar-refractivity contribution in [2.75, 3.05) is 25.5 Å². The average molecular weight is 433 g/mol. The first-order chi connectivity index (χ1) is 14.5. The Morgan fingerprint density at radius 3 is 2.63 bits per heavy atom. The van der Waals surface area contributed by atoms with Crippen LogP contribution < -0.4 is 15.4 Å². The molecule has 1 aromatic carbocycles. The van der Waals surface area contributed by atoms with E-state index in [-0.39, 0.29) is 11.6 Å². The molecular formula is C23H33ClN4O2. The number of hydrogen-bond acceptors (Lipinski definition) is 4. The summed E-state index contributed by atoms with van der Waals surface area (Å²) < 4.78 is 7.37. The fraction of sp³-hybridized carbons (Fsp3) is 0.565. The fourth-order valence-corrected chi connectivity index (χ4v) is 4.45. The maximum Gasteiger partial charge on any atom is 0.273 e. The van der Waals surface area contributed by atoms with Crippen molar-refractivity contribution in [3.63, 3.8) is 0 Å². The van der Waals surface area contributed by atoms with Crippen molar-refractivity contribution in [3.05, 3.63) is 28.9 Å². The summed E-state index contributed by atoms with van der Waals surface area (Å²) in [5.74, 6) is 1.81. The smallest absolute Gasteiger partial charge is 0.273 e. The first-order valence-electron chi connectivity index (χ1n) is 10.9. The van der Waals surface area contributed by atoms with E-state index in [9.17, 15) is 4.79 Å². The van der Waals surface area contributed by atoms with Crippen LogP contribution in [0.5, 0.6) is 5.75 Å². The lowest BCUT2D eigenvalue weighted by atomic mass is 9.83. The number of nitrogens with one attached hydrogen (secondary N) is 2. The largest absolute Gasteiger partial charge is 0.496 e. The van der Waals surface area contributed by atoms with Crippen molar-refractivity contribution in [2.45, 2.75) is 53.0 Å². The molecule has 0 bridgehead atoms. The number of ether oxygens (including phenoxy) is 1. The Morgan fingerprint density at radius 1 is 1.27 bits per heavy atom. The van der Waals surface area contributed by atoms with E-state index in [1.165, 1.54) is 25.7 Å². The molecule has 1 aliphatic rings. The molecule has 0 spiro atoms. The van der Waals surface area contributed by atoms with Crippen LogP contribution in [0, 0.1) is 11.8 Å². The standard InChI is InChI=1S/C23H33ClN4O2/c1-5-25-17-11-12-18(19(13-17)30-4)22-20(24)21(27-28(22)6-2)23(29)26-14-16-9-7-15(3)8-10-16/h11-13,15-16,25H,5-10,14H2,1-4H3,(H,26,29). The molecule has 6 nitrogen and oxygen atoms in total. The molecule has 0 saturated heterocycles. The van der Waals surface area contributed by atoms with Crippen LogP contribution in [-0.4, -0.2) is 35.9 Å². The maximum absolute atomic E-state index is 12.9. The number of nitrogens with zero attached hydrogens (tertiary/aromatic N) is 2. The topological polar surface area (TPSA) is 68.2 Å². The second kappa shape index (κ2) is 10.2. The highest BCUT2D eigenvalue weighted by Gasteiger charge is 2.25. The van der Waals surface area contributed by atoms with E-state index in [1.807, 2.05) is 32.0 Å². The van der Waals surface area contributed by atoms with E-state index >= 15 is 0 Å². The number of rotatable bonds is 8. The van der Waals surface area contributed by atoms with Gasteiger partial charge in [-0.1, -0.05) is 31.4 Å². The zero-order valence-corrected chi connectivity index (χ0v) is 19.2. The number of carbonyl (C=O) groups is 1. The summed E-state index contributed by atoms with van der Waals surface area (Å²) in [5.41, 5.74) is 2.77. The van der Waals surface area contributed by atoms with Crippen molar-refractivity contribution < 1.29 is 9.53 Å². The molecule has 1 aromatic heterocycles. The number of aryl methyl sites for hydroxylation is 1. The van der Waals surface area contributed by atoms with E-state index in [4.69, 9.17) is 16.3 Å². The van der Waals surface area contributed by atoms with E-state index < -0.39 is 0 Å². The Bertz CT molecular complexity index is 872. The number of methoxy groups -OCH3 is 1. The van der Waals surface area contributed by atoms with Gasteiger partial charge in [0.2, 0.25) is 0 Å². The zero-order chi connectivity index (χ0) is 21.7. The third-order valence-corrected chi connectivity index (χ3v) is 6.29. The fourth-order valence-electron chi connectivity index (χ4n) is 4.13. The number of aromatic nitrogens is 2. The quantitative estimate of drug-likeness (QED) is 0.600. The zero-order valence-electron chi connectivity index (χ0n) is 18.4. The van der Waals surface area contributed by atoms with Gasteiger partial charge in [0.1, 0.15) is 5.75 Å². The Morgan fingerprint density at radius 2 is 2.00 bits per heavy atom. The van der Waals surface area contributed by atoms with Crippen molar-refractivity contribution in [1.82, 2.24) is 15.1 Å². The Labute approximate surface area is 184 Å². The monoisotopic (exact) mass is 432 g/mol. The van der Waals surface area contributed by atoms with Gasteiger partial charge in [-0.15, -0.1) is 0 Å². The third kappa shape index (κ3) is 4.91. The summed E-state index contributed by atoms with van der Waals surface area (Å²) in [6.45, 7) is 8.42. The predicted octanol–water partition coefficient (Wildman–Crippen LogP) is 5.22. The van der Waals surface area contributed by atoms with Crippen LogP contribution in [0.4, 0.5) is 5.69 Å². The lowest BCUT2D eigenvalue weighted by molar-refractivity contribution is 0.0936. The molecule has 1 heterocycles. The van der Waals surface area contributed by atoms with Gasteiger partial charge in [-0.3, -0.25) is 9.48 Å². The Hall–Kier alpha value is -2.21. The lowest BCUT2D eigenvalue weighted by Gasteiger charge is -2.26.